The molecule has 0 N–H and O–H groups in total. The van der Waals surface area contributed by atoms with Crippen molar-refractivity contribution in [1.29, 1.82) is 0 Å². The van der Waals surface area contributed by atoms with E-state index in [1.807, 2.05) is 32.9 Å². The highest BCUT2D eigenvalue weighted by Gasteiger charge is 2.25. The summed E-state index contributed by atoms with van der Waals surface area (Å²) in [6.07, 6.45) is -0.587. The van der Waals surface area contributed by atoms with E-state index < -0.39 is 12.1 Å². The molecule has 5 heteroatoms. The lowest BCUT2D eigenvalue weighted by Crippen LogP contribution is -2.14. The number of benzene rings is 1. The normalized spacial score (nSPS) is 13.2. The van der Waals surface area contributed by atoms with E-state index in [1.165, 1.54) is 5.56 Å². The Bertz CT molecular complexity index is 666. The van der Waals surface area contributed by atoms with Crippen LogP contribution in [0.1, 0.15) is 81.2 Å². The van der Waals surface area contributed by atoms with Crippen molar-refractivity contribution in [1.82, 2.24) is 10.1 Å². The van der Waals surface area contributed by atoms with Gasteiger partial charge in [-0.3, -0.25) is 0 Å². The first-order valence-electron chi connectivity index (χ1n) is 7.83. The summed E-state index contributed by atoms with van der Waals surface area (Å²) in [7, 11) is 0. The molecule has 0 saturated carbocycles. The fraction of sp³-hybridized carbons (Fsp3) is 0.500. The molecule has 2 aromatic rings. The van der Waals surface area contributed by atoms with Crippen LogP contribution in [0.4, 0.5) is 0 Å². The molecule has 1 unspecified atom stereocenters. The van der Waals surface area contributed by atoms with Gasteiger partial charge in [0.1, 0.15) is 0 Å². The quantitative estimate of drug-likeness (QED) is 0.782. The Morgan fingerprint density at radius 2 is 1.74 bits per heavy atom. The fourth-order valence-corrected chi connectivity index (χ4v) is 1.99. The maximum Gasteiger partial charge on any atom is 0.338 e. The Morgan fingerprint density at radius 3 is 2.22 bits per heavy atom. The molecule has 0 fully saturated rings. The number of hydrogen-bond acceptors (Lipinski definition) is 5. The SMILES string of the molecule is CC(C)c1ccc(C(=O)OC(C)c2nc(C(C)(C)C)no2)cc1. The van der Waals surface area contributed by atoms with Crippen LogP contribution in [-0.4, -0.2) is 16.1 Å². The van der Waals surface area contributed by atoms with Crippen molar-refractivity contribution >= 4 is 5.97 Å². The predicted octanol–water partition coefficient (Wildman–Crippen LogP) is 4.41. The summed E-state index contributed by atoms with van der Waals surface area (Å²) in [5, 5.41) is 3.94. The molecule has 0 bridgehead atoms. The molecule has 0 aliphatic heterocycles. The Kier molecular flexibility index (Phi) is 4.88. The molecule has 124 valence electrons. The molecule has 0 aliphatic carbocycles. The van der Waals surface area contributed by atoms with Gasteiger partial charge in [-0.05, 0) is 30.5 Å². The molecule has 1 atom stereocenters. The van der Waals surface area contributed by atoms with Crippen LogP contribution >= 0.6 is 0 Å². The highest BCUT2D eigenvalue weighted by atomic mass is 16.6. The van der Waals surface area contributed by atoms with Crippen molar-refractivity contribution in [2.24, 2.45) is 0 Å². The average molecular weight is 316 g/mol. The second-order valence-corrected chi connectivity index (χ2v) is 7.03. The van der Waals surface area contributed by atoms with Crippen molar-refractivity contribution in [3.63, 3.8) is 0 Å². The van der Waals surface area contributed by atoms with Gasteiger partial charge in [0.15, 0.2) is 11.9 Å². The largest absolute Gasteiger partial charge is 0.449 e. The Labute approximate surface area is 137 Å². The van der Waals surface area contributed by atoms with Crippen LogP contribution in [0.25, 0.3) is 0 Å². The van der Waals surface area contributed by atoms with Crippen LogP contribution in [0.5, 0.6) is 0 Å². The molecule has 0 spiro atoms. The third-order valence-corrected chi connectivity index (χ3v) is 3.56. The lowest BCUT2D eigenvalue weighted by Gasteiger charge is -2.12. The molecular formula is C18H24N2O3. The maximum atomic E-state index is 12.2. The summed E-state index contributed by atoms with van der Waals surface area (Å²) in [6, 6.07) is 7.43. The van der Waals surface area contributed by atoms with E-state index in [9.17, 15) is 4.79 Å². The second-order valence-electron chi connectivity index (χ2n) is 7.03. The molecule has 0 saturated heterocycles. The van der Waals surface area contributed by atoms with E-state index in [2.05, 4.69) is 24.0 Å². The zero-order chi connectivity index (χ0) is 17.2. The van der Waals surface area contributed by atoms with Crippen LogP contribution in [0.2, 0.25) is 0 Å². The Hall–Kier alpha value is -2.17. The lowest BCUT2D eigenvalue weighted by molar-refractivity contribution is 0.0265. The summed E-state index contributed by atoms with van der Waals surface area (Å²) in [4.78, 5) is 16.5. The van der Waals surface area contributed by atoms with Crippen LogP contribution in [0.15, 0.2) is 28.8 Å². The van der Waals surface area contributed by atoms with Crippen molar-refractivity contribution < 1.29 is 14.1 Å². The summed E-state index contributed by atoms with van der Waals surface area (Å²) in [5.74, 6) is 0.926. The standard InChI is InChI=1S/C18H24N2O3/c1-11(2)13-7-9-14(10-8-13)16(21)22-12(3)15-19-17(20-23-15)18(4,5)6/h7-12H,1-6H3. The minimum atomic E-state index is -0.587. The smallest absolute Gasteiger partial charge is 0.338 e. The van der Waals surface area contributed by atoms with Gasteiger partial charge >= 0.3 is 5.97 Å². The summed E-state index contributed by atoms with van der Waals surface area (Å²) < 4.78 is 10.6. The van der Waals surface area contributed by atoms with Crippen LogP contribution in [0, 0.1) is 0 Å². The molecule has 1 aromatic carbocycles. The van der Waals surface area contributed by atoms with E-state index in [0.29, 0.717) is 23.2 Å². The van der Waals surface area contributed by atoms with Gasteiger partial charge in [0, 0.05) is 5.41 Å². The molecule has 2 rings (SSSR count). The number of carbonyl (C=O) groups excluding carboxylic acids is 1. The Balaban J connectivity index is 2.06. The minimum absolute atomic E-state index is 0.210. The second kappa shape index (κ2) is 6.52. The van der Waals surface area contributed by atoms with Gasteiger partial charge in [-0.2, -0.15) is 4.98 Å². The van der Waals surface area contributed by atoms with E-state index in [-0.39, 0.29) is 5.41 Å². The molecule has 1 heterocycles. The summed E-state index contributed by atoms with van der Waals surface area (Å²) >= 11 is 0. The molecule has 1 aromatic heterocycles. The van der Waals surface area contributed by atoms with Crippen molar-refractivity contribution in [3.05, 3.63) is 47.1 Å². The van der Waals surface area contributed by atoms with Gasteiger partial charge in [-0.1, -0.05) is 51.9 Å². The predicted molar refractivity (Wildman–Crippen MR) is 87.4 cm³/mol. The third kappa shape index (κ3) is 4.18. The minimum Gasteiger partial charge on any atom is -0.449 e. The first kappa shape index (κ1) is 17.2. The molecule has 5 nitrogen and oxygen atoms in total. The molecule has 0 aliphatic rings. The monoisotopic (exact) mass is 316 g/mol. The van der Waals surface area contributed by atoms with E-state index >= 15 is 0 Å². The number of aromatic nitrogens is 2. The lowest BCUT2D eigenvalue weighted by atomic mass is 9.96. The molecule has 23 heavy (non-hydrogen) atoms. The number of esters is 1. The average Bonchev–Trinajstić information content (AvgIpc) is 2.97. The van der Waals surface area contributed by atoms with Gasteiger partial charge in [-0.15, -0.1) is 0 Å². The fourth-order valence-electron chi connectivity index (χ4n) is 1.99. The van der Waals surface area contributed by atoms with E-state index in [4.69, 9.17) is 9.26 Å². The number of rotatable bonds is 4. The highest BCUT2D eigenvalue weighted by Crippen LogP contribution is 2.23. The van der Waals surface area contributed by atoms with E-state index in [1.54, 1.807) is 19.1 Å². The van der Waals surface area contributed by atoms with E-state index in [0.717, 1.165) is 0 Å². The topological polar surface area (TPSA) is 65.2 Å². The summed E-state index contributed by atoms with van der Waals surface area (Å²) in [6.45, 7) is 11.9. The van der Waals surface area contributed by atoms with Gasteiger partial charge in [0.25, 0.3) is 5.89 Å². The molecule has 0 amide bonds. The van der Waals surface area contributed by atoms with Gasteiger partial charge < -0.3 is 9.26 Å². The Morgan fingerprint density at radius 1 is 1.13 bits per heavy atom. The number of hydrogen-bond donors (Lipinski definition) is 0. The zero-order valence-electron chi connectivity index (χ0n) is 14.6. The number of nitrogens with zero attached hydrogens (tertiary/aromatic N) is 2. The van der Waals surface area contributed by atoms with Gasteiger partial charge in [0.05, 0.1) is 5.56 Å². The maximum absolute atomic E-state index is 12.2. The zero-order valence-corrected chi connectivity index (χ0v) is 14.6. The molecule has 0 radical (unpaired) electrons. The summed E-state index contributed by atoms with van der Waals surface area (Å²) in [5.41, 5.74) is 1.48. The third-order valence-electron chi connectivity index (χ3n) is 3.56. The van der Waals surface area contributed by atoms with Crippen LogP contribution < -0.4 is 0 Å². The van der Waals surface area contributed by atoms with Gasteiger partial charge in [-0.25, -0.2) is 4.79 Å². The van der Waals surface area contributed by atoms with Crippen LogP contribution in [0.3, 0.4) is 0 Å². The number of ether oxygens (including phenoxy) is 1. The first-order valence-corrected chi connectivity index (χ1v) is 7.83. The molecular weight excluding hydrogens is 292 g/mol. The number of carbonyl (C=O) groups is 1. The van der Waals surface area contributed by atoms with Crippen molar-refractivity contribution in [2.45, 2.75) is 59.0 Å². The highest BCUT2D eigenvalue weighted by molar-refractivity contribution is 5.89. The van der Waals surface area contributed by atoms with Crippen LogP contribution in [-0.2, 0) is 10.2 Å². The van der Waals surface area contributed by atoms with Crippen molar-refractivity contribution in [3.8, 4) is 0 Å². The van der Waals surface area contributed by atoms with Gasteiger partial charge in [0.2, 0.25) is 0 Å². The first-order chi connectivity index (χ1) is 10.7. The van der Waals surface area contributed by atoms with Crippen molar-refractivity contribution in [2.75, 3.05) is 0 Å².